The van der Waals surface area contributed by atoms with E-state index in [9.17, 15) is 9.18 Å². The van der Waals surface area contributed by atoms with Gasteiger partial charge >= 0.3 is 0 Å². The van der Waals surface area contributed by atoms with Gasteiger partial charge in [0.05, 0.1) is 4.88 Å². The quantitative estimate of drug-likeness (QED) is 0.831. The van der Waals surface area contributed by atoms with Gasteiger partial charge in [-0.3, -0.25) is 4.79 Å². The number of rotatable bonds is 3. The Morgan fingerprint density at radius 3 is 3.00 bits per heavy atom. The maximum atomic E-state index is 13.4. The zero-order chi connectivity index (χ0) is 15.7. The fourth-order valence-corrected chi connectivity index (χ4v) is 3.50. The number of nitrogens with zero attached hydrogens (tertiary/aromatic N) is 1. The lowest BCUT2D eigenvalue weighted by Gasteiger charge is -2.10. The van der Waals surface area contributed by atoms with E-state index in [1.807, 2.05) is 0 Å². The lowest BCUT2D eigenvalue weighted by atomic mass is 10.2. The molecular weight excluding hydrogens is 345 g/mol. The Kier molecular flexibility index (Phi) is 4.37. The monoisotopic (exact) mass is 355 g/mol. The van der Waals surface area contributed by atoms with Crippen molar-refractivity contribution in [2.75, 3.05) is 6.54 Å². The van der Waals surface area contributed by atoms with Gasteiger partial charge in [-0.1, -0.05) is 23.8 Å². The summed E-state index contributed by atoms with van der Waals surface area (Å²) < 4.78 is 13.4. The minimum Gasteiger partial charge on any atom is -0.363 e. The van der Waals surface area contributed by atoms with Crippen LogP contribution >= 0.6 is 35.2 Å². The van der Waals surface area contributed by atoms with Gasteiger partial charge in [-0.25, -0.2) is 9.37 Å². The first-order valence-electron chi connectivity index (χ1n) is 6.54. The van der Waals surface area contributed by atoms with Gasteiger partial charge in [0.2, 0.25) is 5.91 Å². The highest BCUT2D eigenvalue weighted by atomic mass is 35.5. The van der Waals surface area contributed by atoms with E-state index in [-0.39, 0.29) is 11.9 Å². The molecule has 4 nitrogen and oxygen atoms in total. The molecule has 0 aliphatic carbocycles. The standard InChI is InChI=1S/C14H11ClFN3OS2/c15-8-3-7(4-9(16)5-8)14-18-6-11(22-14)13(21)19-10-1-2-17-12(10)20/h3-6,10H,1-2H2,(H,17,20)(H,19,21)/t10-/m0/s1. The van der Waals surface area contributed by atoms with E-state index < -0.39 is 5.82 Å². The first kappa shape index (κ1) is 15.3. The highest BCUT2D eigenvalue weighted by Gasteiger charge is 2.25. The molecule has 114 valence electrons. The van der Waals surface area contributed by atoms with Crippen LogP contribution in [0.2, 0.25) is 5.02 Å². The molecule has 0 radical (unpaired) electrons. The topological polar surface area (TPSA) is 54.0 Å². The van der Waals surface area contributed by atoms with E-state index in [1.54, 1.807) is 12.3 Å². The summed E-state index contributed by atoms with van der Waals surface area (Å²) in [6.07, 6.45) is 2.31. The van der Waals surface area contributed by atoms with Crippen LogP contribution in [0.1, 0.15) is 11.3 Å². The second-order valence-electron chi connectivity index (χ2n) is 4.79. The first-order chi connectivity index (χ1) is 10.5. The SMILES string of the molecule is O=C1NCC[C@@H]1NC(=S)c1cnc(-c2cc(F)cc(Cl)c2)s1. The van der Waals surface area contributed by atoms with Gasteiger partial charge < -0.3 is 10.6 Å². The fraction of sp³-hybridized carbons (Fsp3) is 0.214. The zero-order valence-corrected chi connectivity index (χ0v) is 13.6. The summed E-state index contributed by atoms with van der Waals surface area (Å²) in [5, 5.41) is 6.70. The zero-order valence-electron chi connectivity index (χ0n) is 11.2. The number of hydrogen-bond acceptors (Lipinski definition) is 4. The maximum absolute atomic E-state index is 13.4. The van der Waals surface area contributed by atoms with E-state index in [1.165, 1.54) is 23.5 Å². The van der Waals surface area contributed by atoms with Crippen molar-refractivity contribution in [2.45, 2.75) is 12.5 Å². The Balaban J connectivity index is 1.78. The number of halogens is 2. The maximum Gasteiger partial charge on any atom is 0.242 e. The summed E-state index contributed by atoms with van der Waals surface area (Å²) >= 11 is 12.5. The van der Waals surface area contributed by atoms with Gasteiger partial charge in [-0.2, -0.15) is 0 Å². The van der Waals surface area contributed by atoms with Crippen LogP contribution in [-0.4, -0.2) is 28.5 Å². The molecule has 0 bridgehead atoms. The molecule has 1 amide bonds. The Morgan fingerprint density at radius 1 is 1.50 bits per heavy atom. The van der Waals surface area contributed by atoms with Gasteiger partial charge in [0.15, 0.2) is 0 Å². The number of benzene rings is 1. The van der Waals surface area contributed by atoms with Crippen molar-refractivity contribution < 1.29 is 9.18 Å². The van der Waals surface area contributed by atoms with Crippen LogP contribution in [-0.2, 0) is 4.79 Å². The predicted octanol–water partition coefficient (Wildman–Crippen LogP) is 2.76. The second-order valence-corrected chi connectivity index (χ2v) is 6.67. The van der Waals surface area contributed by atoms with Crippen LogP contribution in [0, 0.1) is 5.82 Å². The molecule has 0 spiro atoms. The normalized spacial score (nSPS) is 17.4. The molecule has 0 saturated carbocycles. The third-order valence-corrected chi connectivity index (χ3v) is 4.94. The lowest BCUT2D eigenvalue weighted by Crippen LogP contribution is -2.39. The molecule has 1 aromatic carbocycles. The Hall–Kier alpha value is -1.57. The minimum absolute atomic E-state index is 0.0519. The molecule has 1 aliphatic rings. The fourth-order valence-electron chi connectivity index (χ4n) is 2.15. The van der Waals surface area contributed by atoms with Gasteiger partial charge in [0.1, 0.15) is 21.9 Å². The summed E-state index contributed by atoms with van der Waals surface area (Å²) in [7, 11) is 0. The number of carbonyl (C=O) groups excluding carboxylic acids is 1. The largest absolute Gasteiger partial charge is 0.363 e. The van der Waals surface area contributed by atoms with Crippen molar-refractivity contribution in [3.8, 4) is 10.6 Å². The molecule has 22 heavy (non-hydrogen) atoms. The molecule has 1 aliphatic heterocycles. The lowest BCUT2D eigenvalue weighted by molar-refractivity contribution is -0.120. The van der Waals surface area contributed by atoms with Gasteiger partial charge in [0.25, 0.3) is 0 Å². The molecular formula is C14H11ClFN3OS2. The highest BCUT2D eigenvalue weighted by molar-refractivity contribution is 7.81. The summed E-state index contributed by atoms with van der Waals surface area (Å²) in [5.74, 6) is -0.466. The van der Waals surface area contributed by atoms with Crippen LogP contribution in [0.3, 0.4) is 0 Å². The number of nitrogens with one attached hydrogen (secondary N) is 2. The molecule has 1 fully saturated rings. The number of thiocarbonyl (C=S) groups is 1. The molecule has 3 rings (SSSR count). The number of amides is 1. The van der Waals surface area contributed by atoms with Crippen LogP contribution in [0.15, 0.2) is 24.4 Å². The van der Waals surface area contributed by atoms with E-state index in [4.69, 9.17) is 23.8 Å². The van der Waals surface area contributed by atoms with Gasteiger partial charge in [-0.15, -0.1) is 11.3 Å². The molecule has 1 aromatic heterocycles. The van der Waals surface area contributed by atoms with Crippen molar-refractivity contribution in [2.24, 2.45) is 0 Å². The van der Waals surface area contributed by atoms with Crippen molar-refractivity contribution in [1.29, 1.82) is 0 Å². The molecule has 1 atom stereocenters. The first-order valence-corrected chi connectivity index (χ1v) is 8.14. The second kappa shape index (κ2) is 6.28. The molecule has 2 heterocycles. The molecule has 2 N–H and O–H groups in total. The minimum atomic E-state index is -0.414. The average molecular weight is 356 g/mol. The summed E-state index contributed by atoms with van der Waals surface area (Å²) in [5.41, 5.74) is 0.600. The third kappa shape index (κ3) is 3.26. The van der Waals surface area contributed by atoms with E-state index >= 15 is 0 Å². The van der Waals surface area contributed by atoms with E-state index in [2.05, 4.69) is 15.6 Å². The van der Waals surface area contributed by atoms with E-state index in [0.29, 0.717) is 33.5 Å². The van der Waals surface area contributed by atoms with Crippen LogP contribution in [0.25, 0.3) is 10.6 Å². The Bertz CT molecular complexity index is 729. The summed E-state index contributed by atoms with van der Waals surface area (Å²) in [4.78, 5) is 17.0. The predicted molar refractivity (Wildman–Crippen MR) is 88.8 cm³/mol. The number of carbonyl (C=O) groups is 1. The van der Waals surface area contributed by atoms with Crippen LogP contribution in [0.4, 0.5) is 4.39 Å². The number of thiazole rings is 1. The van der Waals surface area contributed by atoms with Crippen molar-refractivity contribution >= 4 is 46.1 Å². The number of hydrogen-bond donors (Lipinski definition) is 2. The third-order valence-electron chi connectivity index (χ3n) is 3.19. The van der Waals surface area contributed by atoms with Crippen molar-refractivity contribution in [3.05, 3.63) is 40.1 Å². The Morgan fingerprint density at radius 2 is 2.32 bits per heavy atom. The summed E-state index contributed by atoms with van der Waals surface area (Å²) in [6, 6.07) is 3.95. The van der Waals surface area contributed by atoms with Gasteiger partial charge in [0, 0.05) is 23.3 Å². The van der Waals surface area contributed by atoms with Gasteiger partial charge in [-0.05, 0) is 24.6 Å². The number of aromatic nitrogens is 1. The Labute approximate surface area is 140 Å². The summed E-state index contributed by atoms with van der Waals surface area (Å²) in [6.45, 7) is 0.648. The average Bonchev–Trinajstić information content (AvgIpc) is 3.08. The smallest absolute Gasteiger partial charge is 0.242 e. The van der Waals surface area contributed by atoms with Crippen LogP contribution < -0.4 is 10.6 Å². The van der Waals surface area contributed by atoms with Crippen LogP contribution in [0.5, 0.6) is 0 Å². The van der Waals surface area contributed by atoms with E-state index in [0.717, 1.165) is 4.88 Å². The molecule has 8 heteroatoms. The highest BCUT2D eigenvalue weighted by Crippen LogP contribution is 2.28. The van der Waals surface area contributed by atoms with Crippen molar-refractivity contribution in [3.63, 3.8) is 0 Å². The molecule has 0 unspecified atom stereocenters. The van der Waals surface area contributed by atoms with Crippen molar-refractivity contribution in [1.82, 2.24) is 15.6 Å². The molecule has 2 aromatic rings. The molecule has 1 saturated heterocycles.